The summed E-state index contributed by atoms with van der Waals surface area (Å²) in [6.07, 6.45) is 3.59. The van der Waals surface area contributed by atoms with Gasteiger partial charge in [0.05, 0.1) is 23.8 Å². The van der Waals surface area contributed by atoms with Crippen LogP contribution in [0.2, 0.25) is 5.02 Å². The maximum Gasteiger partial charge on any atom is 0.307 e. The van der Waals surface area contributed by atoms with Crippen LogP contribution in [0.4, 0.5) is 0 Å². The number of halogens is 1. The number of nitrogens with zero attached hydrogens (tertiary/aromatic N) is 2. The zero-order valence-corrected chi connectivity index (χ0v) is 16.7. The van der Waals surface area contributed by atoms with Crippen molar-refractivity contribution < 1.29 is 9.90 Å². The highest BCUT2D eigenvalue weighted by Gasteiger charge is 2.17. The van der Waals surface area contributed by atoms with E-state index in [1.54, 1.807) is 18.0 Å². The lowest BCUT2D eigenvalue weighted by atomic mass is 10.2. The van der Waals surface area contributed by atoms with E-state index >= 15 is 0 Å². The van der Waals surface area contributed by atoms with Crippen molar-refractivity contribution in [3.8, 4) is 5.69 Å². The summed E-state index contributed by atoms with van der Waals surface area (Å²) in [7, 11) is 0. The number of rotatable bonds is 5. The normalized spacial score (nSPS) is 11.1. The van der Waals surface area contributed by atoms with Crippen molar-refractivity contribution in [3.63, 3.8) is 0 Å². The summed E-state index contributed by atoms with van der Waals surface area (Å²) >= 11 is 7.91. The minimum atomic E-state index is -0.832. The van der Waals surface area contributed by atoms with Gasteiger partial charge in [-0.15, -0.1) is 0 Å². The number of carboxylic acid groups (broad SMARTS) is 1. The molecular formula is C22H17ClN2O2S. The molecule has 0 aliphatic heterocycles. The van der Waals surface area contributed by atoms with Crippen LogP contribution in [0.1, 0.15) is 11.3 Å². The van der Waals surface area contributed by atoms with E-state index in [9.17, 15) is 4.79 Å². The molecular weight excluding hydrogens is 392 g/mol. The molecule has 1 N–H and O–H groups in total. The molecule has 4 aromatic rings. The Balaban J connectivity index is 1.84. The van der Waals surface area contributed by atoms with Gasteiger partial charge in [-0.3, -0.25) is 9.78 Å². The Bertz CT molecular complexity index is 1170. The first kappa shape index (κ1) is 18.6. The quantitative estimate of drug-likeness (QED) is 0.455. The second-order valence-electron chi connectivity index (χ2n) is 6.44. The van der Waals surface area contributed by atoms with Crippen LogP contribution in [0, 0.1) is 6.92 Å². The van der Waals surface area contributed by atoms with Crippen LogP contribution in [-0.2, 0) is 11.2 Å². The van der Waals surface area contributed by atoms with Crippen LogP contribution in [0.25, 0.3) is 16.6 Å². The first-order chi connectivity index (χ1) is 13.5. The molecule has 2 aromatic carbocycles. The summed E-state index contributed by atoms with van der Waals surface area (Å²) in [5.41, 5.74) is 3.86. The van der Waals surface area contributed by atoms with Crippen molar-refractivity contribution in [2.45, 2.75) is 23.1 Å². The molecule has 0 saturated carbocycles. The first-order valence-corrected chi connectivity index (χ1v) is 9.92. The zero-order valence-electron chi connectivity index (χ0n) is 15.1. The predicted octanol–water partition coefficient (Wildman–Crippen LogP) is 5.77. The molecule has 0 bridgehead atoms. The fourth-order valence-corrected chi connectivity index (χ4v) is 4.60. The van der Waals surface area contributed by atoms with Crippen molar-refractivity contribution >= 4 is 40.2 Å². The molecule has 4 rings (SSSR count). The van der Waals surface area contributed by atoms with Gasteiger partial charge in [0, 0.05) is 32.1 Å². The second kappa shape index (κ2) is 7.70. The lowest BCUT2D eigenvalue weighted by Gasteiger charge is -2.08. The molecule has 0 radical (unpaired) electrons. The number of benzene rings is 2. The number of hydrogen-bond acceptors (Lipinski definition) is 3. The number of aliphatic carboxylic acids is 1. The number of fused-ring (bicyclic) bond motifs is 1. The average molecular weight is 409 g/mol. The van der Waals surface area contributed by atoms with E-state index in [4.69, 9.17) is 16.7 Å². The molecule has 6 heteroatoms. The molecule has 0 aliphatic rings. The fraction of sp³-hybridized carbons (Fsp3) is 0.0909. The van der Waals surface area contributed by atoms with E-state index in [1.165, 1.54) is 0 Å². The molecule has 0 unspecified atom stereocenters. The van der Waals surface area contributed by atoms with E-state index in [2.05, 4.69) is 16.5 Å². The molecule has 0 spiro atoms. The van der Waals surface area contributed by atoms with Gasteiger partial charge in [-0.2, -0.15) is 0 Å². The number of carboxylic acids is 1. The summed E-state index contributed by atoms with van der Waals surface area (Å²) in [4.78, 5) is 17.4. The van der Waals surface area contributed by atoms with Crippen molar-refractivity contribution in [2.75, 3.05) is 0 Å². The van der Waals surface area contributed by atoms with Crippen LogP contribution in [0.3, 0.4) is 0 Å². The summed E-state index contributed by atoms with van der Waals surface area (Å²) in [6, 6.07) is 17.5. The summed E-state index contributed by atoms with van der Waals surface area (Å²) in [5.74, 6) is -0.832. The van der Waals surface area contributed by atoms with Crippen LogP contribution in [0.15, 0.2) is 76.8 Å². The molecule has 28 heavy (non-hydrogen) atoms. The minimum absolute atomic E-state index is 0.0143. The molecule has 0 aliphatic carbocycles. The van der Waals surface area contributed by atoms with Gasteiger partial charge in [-0.1, -0.05) is 41.6 Å². The highest BCUT2D eigenvalue weighted by molar-refractivity contribution is 7.99. The molecule has 140 valence electrons. The monoisotopic (exact) mass is 408 g/mol. The van der Waals surface area contributed by atoms with Crippen molar-refractivity contribution in [2.24, 2.45) is 0 Å². The van der Waals surface area contributed by atoms with E-state index < -0.39 is 5.97 Å². The van der Waals surface area contributed by atoms with Gasteiger partial charge in [0.25, 0.3) is 0 Å². The van der Waals surface area contributed by atoms with Crippen molar-refractivity contribution in [3.05, 3.63) is 83.3 Å². The standard InChI is InChI=1S/C22H17ClN2O2S/c1-14-22(28-18-6-2-4-15(10-18)11-21(26)27)19-8-7-16(23)12-20(19)25(14)17-5-3-9-24-13-17/h2-10,12-13H,11H2,1H3,(H,26,27). The van der Waals surface area contributed by atoms with Crippen LogP contribution in [-0.4, -0.2) is 20.6 Å². The molecule has 2 heterocycles. The van der Waals surface area contributed by atoms with Gasteiger partial charge in [0.15, 0.2) is 0 Å². The highest BCUT2D eigenvalue weighted by Crippen LogP contribution is 2.40. The van der Waals surface area contributed by atoms with E-state index in [1.807, 2.05) is 60.8 Å². The Morgan fingerprint density at radius 2 is 2.04 bits per heavy atom. The Morgan fingerprint density at radius 1 is 1.18 bits per heavy atom. The number of aromatic nitrogens is 2. The molecule has 0 fully saturated rings. The third kappa shape index (κ3) is 3.63. The lowest BCUT2D eigenvalue weighted by molar-refractivity contribution is -0.136. The Kier molecular flexibility index (Phi) is 5.11. The third-order valence-corrected chi connectivity index (χ3v) is 5.93. The Labute approximate surface area is 171 Å². The van der Waals surface area contributed by atoms with Crippen molar-refractivity contribution in [1.82, 2.24) is 9.55 Å². The minimum Gasteiger partial charge on any atom is -0.481 e. The maximum atomic E-state index is 11.0. The van der Waals surface area contributed by atoms with Gasteiger partial charge in [0.2, 0.25) is 0 Å². The lowest BCUT2D eigenvalue weighted by Crippen LogP contribution is -1.99. The predicted molar refractivity (Wildman–Crippen MR) is 113 cm³/mol. The van der Waals surface area contributed by atoms with Gasteiger partial charge in [-0.25, -0.2) is 0 Å². The maximum absolute atomic E-state index is 11.0. The van der Waals surface area contributed by atoms with Crippen LogP contribution < -0.4 is 0 Å². The average Bonchev–Trinajstić information content (AvgIpc) is 2.93. The van der Waals surface area contributed by atoms with Crippen LogP contribution >= 0.6 is 23.4 Å². The SMILES string of the molecule is Cc1c(Sc2cccc(CC(=O)O)c2)c2ccc(Cl)cc2n1-c1cccnc1. The van der Waals surface area contributed by atoms with Crippen LogP contribution in [0.5, 0.6) is 0 Å². The van der Waals surface area contributed by atoms with E-state index in [0.29, 0.717) is 5.02 Å². The van der Waals surface area contributed by atoms with Gasteiger partial charge < -0.3 is 9.67 Å². The van der Waals surface area contributed by atoms with E-state index in [-0.39, 0.29) is 6.42 Å². The first-order valence-electron chi connectivity index (χ1n) is 8.72. The van der Waals surface area contributed by atoms with Crippen molar-refractivity contribution in [1.29, 1.82) is 0 Å². The van der Waals surface area contributed by atoms with Gasteiger partial charge in [0.1, 0.15) is 0 Å². The highest BCUT2D eigenvalue weighted by atomic mass is 35.5. The van der Waals surface area contributed by atoms with Gasteiger partial charge in [-0.05, 0) is 48.9 Å². The summed E-state index contributed by atoms with van der Waals surface area (Å²) in [6.45, 7) is 2.07. The zero-order chi connectivity index (χ0) is 19.7. The largest absolute Gasteiger partial charge is 0.481 e. The number of pyridine rings is 1. The van der Waals surface area contributed by atoms with E-state index in [0.717, 1.165) is 37.6 Å². The fourth-order valence-electron chi connectivity index (χ4n) is 3.32. The molecule has 4 nitrogen and oxygen atoms in total. The molecule has 0 atom stereocenters. The summed E-state index contributed by atoms with van der Waals surface area (Å²) < 4.78 is 2.15. The second-order valence-corrected chi connectivity index (χ2v) is 7.96. The summed E-state index contributed by atoms with van der Waals surface area (Å²) in [5, 5.41) is 10.8. The molecule has 2 aromatic heterocycles. The molecule has 0 amide bonds. The van der Waals surface area contributed by atoms with Gasteiger partial charge >= 0.3 is 5.97 Å². The number of carbonyl (C=O) groups is 1. The molecule has 0 saturated heterocycles. The number of hydrogen-bond donors (Lipinski definition) is 1. The smallest absolute Gasteiger partial charge is 0.307 e. The topological polar surface area (TPSA) is 55.1 Å². The Morgan fingerprint density at radius 3 is 2.79 bits per heavy atom. The third-order valence-electron chi connectivity index (χ3n) is 4.49. The Hall–Kier alpha value is -2.76.